The van der Waals surface area contributed by atoms with Crippen LogP contribution in [0.3, 0.4) is 0 Å². The maximum atomic E-state index is 12.9. The molecule has 19 heteroatoms. The first-order chi connectivity index (χ1) is 37.4. The van der Waals surface area contributed by atoms with Crippen LogP contribution in [0.5, 0.6) is 0 Å². The molecule has 0 rings (SSSR count). The number of unbranched alkanes of at least 4 members (excludes halogenated alkanes) is 27. The minimum atomic E-state index is -4.94. The van der Waals surface area contributed by atoms with E-state index >= 15 is 0 Å². The SMILES string of the molecule is CCCCCCCCCCCCCCCC(=O)O[C@H](COC(=O)CCCCCCCCCC(C)C)COP(=O)(O)OC[C@@H](O)COP(=O)(O)OC[C@@H](COC(=O)CCCCCCC)OC(=O)CCCCCCCCC(C)CC. The summed E-state index contributed by atoms with van der Waals surface area (Å²) in [6.07, 6.45) is 32.5. The number of hydrogen-bond acceptors (Lipinski definition) is 15. The molecule has 0 amide bonds. The number of phosphoric ester groups is 2. The zero-order valence-corrected chi connectivity index (χ0v) is 51.7. The smallest absolute Gasteiger partial charge is 0.462 e. The highest BCUT2D eigenvalue weighted by atomic mass is 31.2. The lowest BCUT2D eigenvalue weighted by atomic mass is 10.00. The second-order valence-corrected chi connectivity index (χ2v) is 25.0. The Morgan fingerprint density at radius 3 is 0.974 bits per heavy atom. The quantitative estimate of drug-likeness (QED) is 0.0222. The minimum absolute atomic E-state index is 0.102. The van der Waals surface area contributed by atoms with Crippen LogP contribution in [0.15, 0.2) is 0 Å². The Morgan fingerprint density at radius 1 is 0.372 bits per heavy atom. The molecule has 0 heterocycles. The Hall–Kier alpha value is -1.94. The molecule has 0 bridgehead atoms. The predicted molar refractivity (Wildman–Crippen MR) is 308 cm³/mol. The van der Waals surface area contributed by atoms with E-state index in [0.717, 1.165) is 109 Å². The number of hydrogen-bond donors (Lipinski definition) is 3. The van der Waals surface area contributed by atoms with Gasteiger partial charge in [0.25, 0.3) is 0 Å². The normalized spacial score (nSPS) is 14.8. The second kappa shape index (κ2) is 51.9. The molecular formula is C59H114O17P2. The zero-order valence-electron chi connectivity index (χ0n) is 50.0. The van der Waals surface area contributed by atoms with Crippen LogP contribution in [0, 0.1) is 11.8 Å². The molecule has 17 nitrogen and oxygen atoms in total. The third kappa shape index (κ3) is 52.2. The van der Waals surface area contributed by atoms with Gasteiger partial charge in [-0.15, -0.1) is 0 Å². The van der Waals surface area contributed by atoms with Gasteiger partial charge in [0.1, 0.15) is 19.3 Å². The van der Waals surface area contributed by atoms with Crippen LogP contribution in [0.4, 0.5) is 0 Å². The van der Waals surface area contributed by atoms with Gasteiger partial charge in [-0.25, -0.2) is 9.13 Å². The van der Waals surface area contributed by atoms with Gasteiger partial charge in [-0.2, -0.15) is 0 Å². The lowest BCUT2D eigenvalue weighted by Gasteiger charge is -2.21. The summed E-state index contributed by atoms with van der Waals surface area (Å²) >= 11 is 0. The van der Waals surface area contributed by atoms with E-state index in [1.807, 2.05) is 0 Å². The van der Waals surface area contributed by atoms with Crippen molar-refractivity contribution in [3.05, 3.63) is 0 Å². The van der Waals surface area contributed by atoms with Crippen molar-refractivity contribution in [3.8, 4) is 0 Å². The molecule has 0 aromatic rings. The lowest BCUT2D eigenvalue weighted by Crippen LogP contribution is -2.30. The van der Waals surface area contributed by atoms with Gasteiger partial charge >= 0.3 is 39.5 Å². The minimum Gasteiger partial charge on any atom is -0.462 e. The van der Waals surface area contributed by atoms with E-state index in [0.29, 0.717) is 31.6 Å². The monoisotopic (exact) mass is 1160 g/mol. The van der Waals surface area contributed by atoms with E-state index in [-0.39, 0.29) is 25.7 Å². The molecule has 78 heavy (non-hydrogen) atoms. The molecule has 3 N–H and O–H groups in total. The molecule has 0 fully saturated rings. The Kier molecular flexibility index (Phi) is 50.6. The Morgan fingerprint density at radius 2 is 0.654 bits per heavy atom. The molecule has 0 saturated heterocycles. The average Bonchev–Trinajstić information content (AvgIpc) is 3.40. The molecule has 0 aliphatic heterocycles. The number of rotatable bonds is 58. The summed E-state index contributed by atoms with van der Waals surface area (Å²) in [4.78, 5) is 71.7. The van der Waals surface area contributed by atoms with Crippen LogP contribution in [0.2, 0.25) is 0 Å². The molecule has 0 aromatic carbocycles. The second-order valence-electron chi connectivity index (χ2n) is 22.1. The highest BCUT2D eigenvalue weighted by Gasteiger charge is 2.30. The van der Waals surface area contributed by atoms with Gasteiger partial charge in [0, 0.05) is 25.7 Å². The molecule has 462 valence electrons. The van der Waals surface area contributed by atoms with Crippen LogP contribution in [-0.2, 0) is 65.4 Å². The highest BCUT2D eigenvalue weighted by molar-refractivity contribution is 7.47. The van der Waals surface area contributed by atoms with Gasteiger partial charge in [-0.05, 0) is 37.5 Å². The number of ether oxygens (including phenoxy) is 4. The van der Waals surface area contributed by atoms with Crippen molar-refractivity contribution >= 4 is 39.5 Å². The van der Waals surface area contributed by atoms with E-state index in [9.17, 15) is 43.2 Å². The van der Waals surface area contributed by atoms with Gasteiger partial charge in [0.15, 0.2) is 12.2 Å². The third-order valence-corrected chi connectivity index (χ3v) is 15.7. The molecule has 0 aromatic heterocycles. The topological polar surface area (TPSA) is 237 Å². The predicted octanol–water partition coefficient (Wildman–Crippen LogP) is 15.7. The summed E-state index contributed by atoms with van der Waals surface area (Å²) in [6.45, 7) is 9.26. The number of phosphoric acid groups is 2. The van der Waals surface area contributed by atoms with Crippen molar-refractivity contribution in [2.24, 2.45) is 11.8 Å². The molecular weight excluding hydrogens is 1040 g/mol. The summed E-state index contributed by atoms with van der Waals surface area (Å²) < 4.78 is 67.6. The summed E-state index contributed by atoms with van der Waals surface area (Å²) in [5, 5.41) is 10.5. The van der Waals surface area contributed by atoms with Crippen molar-refractivity contribution in [3.63, 3.8) is 0 Å². The molecule has 0 aliphatic rings. The lowest BCUT2D eigenvalue weighted by molar-refractivity contribution is -0.161. The van der Waals surface area contributed by atoms with Crippen LogP contribution < -0.4 is 0 Å². The Balaban J connectivity index is 5.19. The maximum Gasteiger partial charge on any atom is 0.472 e. The molecule has 0 saturated carbocycles. The summed E-state index contributed by atoms with van der Waals surface area (Å²) in [5.74, 6) is -0.728. The van der Waals surface area contributed by atoms with Crippen LogP contribution in [0.25, 0.3) is 0 Å². The molecule has 3 unspecified atom stereocenters. The number of carbonyl (C=O) groups excluding carboxylic acids is 4. The highest BCUT2D eigenvalue weighted by Crippen LogP contribution is 2.45. The summed E-state index contributed by atoms with van der Waals surface area (Å²) in [5.41, 5.74) is 0. The van der Waals surface area contributed by atoms with Gasteiger partial charge < -0.3 is 33.8 Å². The average molecular weight is 1160 g/mol. The number of aliphatic hydroxyl groups excluding tert-OH is 1. The van der Waals surface area contributed by atoms with E-state index in [1.165, 1.54) is 89.9 Å². The standard InChI is InChI=1S/C59H114O17P2/c1-7-10-12-14-15-16-17-18-19-20-23-31-37-43-58(63)75-55(48-70-57(62)42-36-30-24-21-22-28-33-39-51(4)5)50-74-78(67,68)72-46-53(60)45-71-77(65,66)73-49-54(47-69-56(61)41-35-27-13-11-8-2)76-59(64)44-38-32-26-25-29-34-40-52(6)9-3/h51-55,60H,7-50H2,1-6H3,(H,65,66)(H,67,68)/t52?,53-,54+,55+/m0/s1. The van der Waals surface area contributed by atoms with Crippen LogP contribution in [0.1, 0.15) is 286 Å². The van der Waals surface area contributed by atoms with Gasteiger partial charge in [0.05, 0.1) is 26.4 Å². The number of carbonyl (C=O) groups is 4. The number of esters is 4. The first-order valence-electron chi connectivity index (χ1n) is 31.0. The van der Waals surface area contributed by atoms with Gasteiger partial charge in [-0.1, -0.05) is 234 Å². The fourth-order valence-corrected chi connectivity index (χ4v) is 10.2. The first kappa shape index (κ1) is 76.1. The molecule has 6 atom stereocenters. The first-order valence-corrected chi connectivity index (χ1v) is 34.0. The van der Waals surface area contributed by atoms with Gasteiger partial charge in [0.2, 0.25) is 0 Å². The van der Waals surface area contributed by atoms with E-state index in [4.69, 9.17) is 37.0 Å². The third-order valence-electron chi connectivity index (χ3n) is 13.8. The zero-order chi connectivity index (χ0) is 58.0. The van der Waals surface area contributed by atoms with Crippen molar-refractivity contribution in [1.82, 2.24) is 0 Å². The molecule has 0 spiro atoms. The fourth-order valence-electron chi connectivity index (χ4n) is 8.61. The van der Waals surface area contributed by atoms with Crippen LogP contribution in [-0.4, -0.2) is 96.7 Å². The van der Waals surface area contributed by atoms with E-state index in [1.54, 1.807) is 0 Å². The number of aliphatic hydroxyl groups is 1. The van der Waals surface area contributed by atoms with Crippen molar-refractivity contribution < 1.29 is 80.2 Å². The summed E-state index contributed by atoms with van der Waals surface area (Å²) in [7, 11) is -9.87. The van der Waals surface area contributed by atoms with Crippen LogP contribution >= 0.6 is 15.6 Å². The van der Waals surface area contributed by atoms with Gasteiger partial charge in [-0.3, -0.25) is 37.3 Å². The maximum absolute atomic E-state index is 12.9. The van der Waals surface area contributed by atoms with E-state index < -0.39 is 97.5 Å². The van der Waals surface area contributed by atoms with E-state index in [2.05, 4.69) is 41.5 Å². The Bertz CT molecular complexity index is 1550. The summed E-state index contributed by atoms with van der Waals surface area (Å²) in [6, 6.07) is 0. The van der Waals surface area contributed by atoms with Crippen molar-refractivity contribution in [1.29, 1.82) is 0 Å². The van der Waals surface area contributed by atoms with Crippen molar-refractivity contribution in [2.45, 2.75) is 304 Å². The largest absolute Gasteiger partial charge is 0.472 e. The fraction of sp³-hybridized carbons (Fsp3) is 0.932. The molecule has 0 radical (unpaired) electrons. The van der Waals surface area contributed by atoms with Crippen molar-refractivity contribution in [2.75, 3.05) is 39.6 Å². The Labute approximate surface area is 473 Å². The molecule has 0 aliphatic carbocycles.